The van der Waals surface area contributed by atoms with Crippen LogP contribution in [0.1, 0.15) is 30.6 Å². The molecule has 0 bridgehead atoms. The van der Waals surface area contributed by atoms with Gasteiger partial charge < -0.3 is 10.5 Å². The minimum atomic E-state index is -0.497. The van der Waals surface area contributed by atoms with E-state index in [4.69, 9.17) is 10.5 Å². The first-order chi connectivity index (χ1) is 8.69. The summed E-state index contributed by atoms with van der Waals surface area (Å²) >= 11 is 1.45. The van der Waals surface area contributed by atoms with E-state index in [0.29, 0.717) is 11.8 Å². The normalized spacial score (nSPS) is 9.44. The first-order valence-corrected chi connectivity index (χ1v) is 6.49. The van der Waals surface area contributed by atoms with Gasteiger partial charge in [0.2, 0.25) is 0 Å². The lowest BCUT2D eigenvalue weighted by Crippen LogP contribution is -2.10. The zero-order valence-electron chi connectivity index (χ0n) is 10.4. The summed E-state index contributed by atoms with van der Waals surface area (Å²) in [6.45, 7) is 3.83. The zero-order chi connectivity index (χ0) is 13.4. The van der Waals surface area contributed by atoms with Crippen LogP contribution in [0.2, 0.25) is 0 Å². The van der Waals surface area contributed by atoms with Crippen molar-refractivity contribution in [2.75, 3.05) is 18.1 Å². The van der Waals surface area contributed by atoms with Crippen molar-refractivity contribution in [2.45, 2.75) is 25.4 Å². The van der Waals surface area contributed by atoms with Crippen LogP contribution in [0.4, 0.5) is 5.82 Å². The van der Waals surface area contributed by atoms with Crippen molar-refractivity contribution < 1.29 is 9.53 Å². The van der Waals surface area contributed by atoms with Gasteiger partial charge in [-0.1, -0.05) is 11.8 Å². The molecule has 0 saturated carbocycles. The number of nitrogen functional groups attached to an aromatic ring is 1. The Balaban J connectivity index is 2.66. The number of rotatable bonds is 5. The van der Waals surface area contributed by atoms with E-state index in [1.807, 2.05) is 0 Å². The molecule has 0 amide bonds. The van der Waals surface area contributed by atoms with Gasteiger partial charge in [0.1, 0.15) is 11.4 Å². The molecule has 1 aromatic heterocycles. The van der Waals surface area contributed by atoms with Crippen molar-refractivity contribution in [1.82, 2.24) is 9.97 Å². The minimum Gasteiger partial charge on any atom is -0.462 e. The predicted octanol–water partition coefficient (Wildman–Crippen LogP) is 1.74. The lowest BCUT2D eigenvalue weighted by Gasteiger charge is -2.05. The molecule has 0 saturated heterocycles. The second-order valence-corrected chi connectivity index (χ2v) is 4.26. The topological polar surface area (TPSA) is 78.1 Å². The van der Waals surface area contributed by atoms with E-state index >= 15 is 0 Å². The summed E-state index contributed by atoms with van der Waals surface area (Å²) in [6.07, 6.45) is 2.16. The van der Waals surface area contributed by atoms with Crippen molar-refractivity contribution in [3.05, 3.63) is 11.8 Å². The van der Waals surface area contributed by atoms with E-state index in [1.165, 1.54) is 18.0 Å². The molecule has 0 aromatic carbocycles. The molecule has 1 heterocycles. The maximum absolute atomic E-state index is 11.5. The van der Waals surface area contributed by atoms with Crippen molar-refractivity contribution >= 4 is 23.5 Å². The van der Waals surface area contributed by atoms with Crippen LogP contribution in [0.15, 0.2) is 11.4 Å². The first kappa shape index (κ1) is 14.3. The Morgan fingerprint density at radius 2 is 2.39 bits per heavy atom. The van der Waals surface area contributed by atoms with Crippen LogP contribution in [0.5, 0.6) is 0 Å². The minimum absolute atomic E-state index is 0.146. The van der Waals surface area contributed by atoms with Crippen LogP contribution in [-0.4, -0.2) is 28.3 Å². The highest BCUT2D eigenvalue weighted by Crippen LogP contribution is 2.17. The van der Waals surface area contributed by atoms with Gasteiger partial charge in [-0.05, 0) is 13.8 Å². The molecule has 0 aliphatic rings. The predicted molar refractivity (Wildman–Crippen MR) is 71.2 cm³/mol. The molecule has 0 aliphatic heterocycles. The summed E-state index contributed by atoms with van der Waals surface area (Å²) in [4.78, 5) is 19.6. The third-order valence-corrected chi connectivity index (χ3v) is 2.79. The van der Waals surface area contributed by atoms with E-state index in [9.17, 15) is 4.79 Å². The average molecular weight is 265 g/mol. The highest BCUT2D eigenvalue weighted by Gasteiger charge is 2.13. The summed E-state index contributed by atoms with van der Waals surface area (Å²) < 4.78 is 4.84. The molecule has 1 rings (SSSR count). The molecule has 96 valence electrons. The molecule has 0 radical (unpaired) electrons. The van der Waals surface area contributed by atoms with Crippen LogP contribution < -0.4 is 5.73 Å². The summed E-state index contributed by atoms with van der Waals surface area (Å²) in [5, 5.41) is 0.540. The van der Waals surface area contributed by atoms with Crippen molar-refractivity contribution in [1.29, 1.82) is 0 Å². The summed E-state index contributed by atoms with van der Waals surface area (Å²) in [5.41, 5.74) is 5.89. The fraction of sp³-hybridized carbons (Fsp3) is 0.417. The van der Waals surface area contributed by atoms with E-state index in [1.54, 1.807) is 13.8 Å². The standard InChI is InChI=1S/C12H15N3O2S/c1-3-5-6-7-18-12-14-8-9(10(13)15-12)11(16)17-4-2/h8H,4,6-7H2,1-2H3,(H2,13,14,15). The van der Waals surface area contributed by atoms with Gasteiger partial charge in [0.25, 0.3) is 0 Å². The fourth-order valence-corrected chi connectivity index (χ4v) is 1.81. The molecule has 0 aliphatic carbocycles. The van der Waals surface area contributed by atoms with E-state index in [0.717, 1.165) is 12.2 Å². The number of aromatic nitrogens is 2. The molecule has 2 N–H and O–H groups in total. The molecule has 0 unspecified atom stereocenters. The lowest BCUT2D eigenvalue weighted by atomic mass is 10.3. The van der Waals surface area contributed by atoms with Crippen molar-refractivity contribution in [2.24, 2.45) is 0 Å². The third kappa shape index (κ3) is 4.26. The monoisotopic (exact) mass is 265 g/mol. The summed E-state index contributed by atoms with van der Waals surface area (Å²) in [6, 6.07) is 0. The second kappa shape index (κ2) is 7.56. The average Bonchev–Trinajstić information content (AvgIpc) is 2.35. The summed E-state index contributed by atoms with van der Waals surface area (Å²) in [5.74, 6) is 6.20. The zero-order valence-corrected chi connectivity index (χ0v) is 11.2. The fourth-order valence-electron chi connectivity index (χ4n) is 1.13. The molecule has 0 atom stereocenters. The smallest absolute Gasteiger partial charge is 0.343 e. The number of thioether (sulfide) groups is 1. The van der Waals surface area contributed by atoms with Gasteiger partial charge in [-0.15, -0.1) is 11.8 Å². The summed E-state index contributed by atoms with van der Waals surface area (Å²) in [7, 11) is 0. The molecule has 18 heavy (non-hydrogen) atoms. The maximum atomic E-state index is 11.5. The van der Waals surface area contributed by atoms with Gasteiger partial charge in [0, 0.05) is 18.4 Å². The maximum Gasteiger partial charge on any atom is 0.343 e. The van der Waals surface area contributed by atoms with Gasteiger partial charge in [0.15, 0.2) is 5.16 Å². The molecule has 6 heteroatoms. The van der Waals surface area contributed by atoms with Crippen molar-refractivity contribution in [3.63, 3.8) is 0 Å². The van der Waals surface area contributed by atoms with Crippen LogP contribution >= 0.6 is 11.8 Å². The number of esters is 1. The highest BCUT2D eigenvalue weighted by molar-refractivity contribution is 7.99. The largest absolute Gasteiger partial charge is 0.462 e. The molecule has 0 spiro atoms. The molecular weight excluding hydrogens is 250 g/mol. The molecule has 5 nitrogen and oxygen atoms in total. The number of hydrogen-bond donors (Lipinski definition) is 1. The molecular formula is C12H15N3O2S. The number of hydrogen-bond acceptors (Lipinski definition) is 6. The number of nitrogens with zero attached hydrogens (tertiary/aromatic N) is 2. The first-order valence-electron chi connectivity index (χ1n) is 5.51. The highest BCUT2D eigenvalue weighted by atomic mass is 32.2. The quantitative estimate of drug-likeness (QED) is 0.287. The Bertz CT molecular complexity index is 480. The van der Waals surface area contributed by atoms with E-state index in [2.05, 4.69) is 21.8 Å². The Kier molecular flexibility index (Phi) is 6.01. The number of carbonyl (C=O) groups is 1. The van der Waals surface area contributed by atoms with Gasteiger partial charge in [-0.25, -0.2) is 14.8 Å². The number of anilines is 1. The number of carbonyl (C=O) groups excluding carboxylic acids is 1. The van der Waals surface area contributed by atoms with Gasteiger partial charge in [-0.3, -0.25) is 0 Å². The van der Waals surface area contributed by atoms with Crippen LogP contribution in [0, 0.1) is 11.8 Å². The lowest BCUT2D eigenvalue weighted by molar-refractivity contribution is 0.0526. The van der Waals surface area contributed by atoms with E-state index < -0.39 is 5.97 Å². The molecule has 1 aromatic rings. The second-order valence-electron chi connectivity index (χ2n) is 3.20. The Morgan fingerprint density at radius 1 is 1.61 bits per heavy atom. The number of nitrogens with two attached hydrogens (primary N) is 1. The van der Waals surface area contributed by atoms with Crippen molar-refractivity contribution in [3.8, 4) is 11.8 Å². The van der Waals surface area contributed by atoms with Crippen LogP contribution in [-0.2, 0) is 4.74 Å². The third-order valence-electron chi connectivity index (χ3n) is 1.93. The Morgan fingerprint density at radius 3 is 3.00 bits per heavy atom. The van der Waals surface area contributed by atoms with Crippen LogP contribution in [0.25, 0.3) is 0 Å². The van der Waals surface area contributed by atoms with Gasteiger partial charge in [0.05, 0.1) is 6.61 Å². The number of ether oxygens (including phenoxy) is 1. The van der Waals surface area contributed by atoms with Gasteiger partial charge >= 0.3 is 5.97 Å². The van der Waals surface area contributed by atoms with Crippen LogP contribution in [0.3, 0.4) is 0 Å². The molecule has 0 fully saturated rings. The Hall–Kier alpha value is -1.74. The van der Waals surface area contributed by atoms with E-state index in [-0.39, 0.29) is 11.4 Å². The Labute approximate surface area is 111 Å². The SMILES string of the molecule is CC#CCCSc1ncc(C(=O)OCC)c(N)n1. The van der Waals surface area contributed by atoms with Gasteiger partial charge in [-0.2, -0.15) is 0 Å².